The average Bonchev–Trinajstić information content (AvgIpc) is 2.91. The van der Waals surface area contributed by atoms with Gasteiger partial charge >= 0.3 is 0 Å². The summed E-state index contributed by atoms with van der Waals surface area (Å²) in [6.07, 6.45) is 3.03. The molecule has 1 aromatic heterocycles. The molecule has 1 nitrogen and oxygen atoms in total. The van der Waals surface area contributed by atoms with Gasteiger partial charge in [0, 0.05) is 17.2 Å². The highest BCUT2D eigenvalue weighted by molar-refractivity contribution is 7.16. The van der Waals surface area contributed by atoms with E-state index >= 15 is 0 Å². The highest BCUT2D eigenvalue weighted by Gasteiger charge is 2.32. The Morgan fingerprint density at radius 2 is 2.36 bits per heavy atom. The van der Waals surface area contributed by atoms with Crippen LogP contribution < -0.4 is 0 Å². The average molecular weight is 229 g/mol. The second kappa shape index (κ2) is 4.03. The molecule has 0 N–H and O–H groups in total. The van der Waals surface area contributed by atoms with E-state index in [0.717, 1.165) is 9.21 Å². The molecule has 1 heterocycles. The minimum absolute atomic E-state index is 0.246. The Hall–Kier alpha value is -0.340. The van der Waals surface area contributed by atoms with Crippen LogP contribution in [0.5, 0.6) is 0 Å². The first-order valence-electron chi connectivity index (χ1n) is 4.94. The maximum atomic E-state index is 11.8. The van der Waals surface area contributed by atoms with Crippen LogP contribution in [-0.4, -0.2) is 5.78 Å². The topological polar surface area (TPSA) is 17.1 Å². The zero-order valence-electron chi connectivity index (χ0n) is 8.13. The van der Waals surface area contributed by atoms with Crippen LogP contribution in [0.4, 0.5) is 0 Å². The highest BCUT2D eigenvalue weighted by atomic mass is 35.5. The molecule has 0 amide bonds. The van der Waals surface area contributed by atoms with Gasteiger partial charge in [-0.25, -0.2) is 0 Å². The van der Waals surface area contributed by atoms with Gasteiger partial charge in [0.2, 0.25) is 0 Å². The Labute approximate surface area is 93.1 Å². The monoisotopic (exact) mass is 228 g/mol. The Balaban J connectivity index is 1.93. The summed E-state index contributed by atoms with van der Waals surface area (Å²) in [6.45, 7) is 2.05. The third kappa shape index (κ3) is 2.37. The summed E-state index contributed by atoms with van der Waals surface area (Å²) in [6, 6.07) is 3.81. The van der Waals surface area contributed by atoms with E-state index in [2.05, 4.69) is 6.92 Å². The van der Waals surface area contributed by atoms with E-state index in [4.69, 9.17) is 11.6 Å². The zero-order valence-corrected chi connectivity index (χ0v) is 9.70. The smallest absolute Gasteiger partial charge is 0.141 e. The van der Waals surface area contributed by atoms with Crippen molar-refractivity contribution in [3.8, 4) is 0 Å². The van der Waals surface area contributed by atoms with Gasteiger partial charge in [0.15, 0.2) is 0 Å². The molecule has 1 aromatic rings. The number of carbonyl (C=O) groups excluding carboxylic acids is 1. The standard InChI is InChI=1S/C11H13ClOS/c1-7(8-2-3-8)10(13)6-9-4-5-11(12)14-9/h4-5,7-8H,2-3,6H2,1H3. The Kier molecular flexibility index (Phi) is 2.93. The van der Waals surface area contributed by atoms with E-state index in [1.165, 1.54) is 24.2 Å². The SMILES string of the molecule is CC(C(=O)Cc1ccc(Cl)s1)C1CC1. The second-order valence-corrected chi connectivity index (χ2v) is 5.77. The van der Waals surface area contributed by atoms with Crippen LogP contribution in [0.15, 0.2) is 12.1 Å². The van der Waals surface area contributed by atoms with Gasteiger partial charge in [-0.05, 0) is 30.9 Å². The Morgan fingerprint density at radius 1 is 1.64 bits per heavy atom. The predicted molar refractivity (Wildman–Crippen MR) is 59.9 cm³/mol. The molecule has 2 rings (SSSR count). The minimum atomic E-state index is 0.246. The summed E-state index contributed by atoms with van der Waals surface area (Å²) in [5.74, 6) is 1.28. The highest BCUT2D eigenvalue weighted by Crippen LogP contribution is 2.37. The molecule has 76 valence electrons. The van der Waals surface area contributed by atoms with Gasteiger partial charge in [-0.15, -0.1) is 11.3 Å². The van der Waals surface area contributed by atoms with E-state index < -0.39 is 0 Å². The number of thiophene rings is 1. The van der Waals surface area contributed by atoms with Crippen LogP contribution >= 0.6 is 22.9 Å². The molecule has 1 saturated carbocycles. The summed E-state index contributed by atoms with van der Waals surface area (Å²) in [7, 11) is 0. The molecule has 3 heteroatoms. The number of Topliss-reactive ketones (excluding diaryl/α,β-unsaturated/α-hetero) is 1. The summed E-state index contributed by atoms with van der Waals surface area (Å²) in [5, 5.41) is 0. The fourth-order valence-electron chi connectivity index (χ4n) is 1.64. The number of carbonyl (C=O) groups is 1. The molecule has 0 spiro atoms. The van der Waals surface area contributed by atoms with Crippen molar-refractivity contribution in [3.05, 3.63) is 21.3 Å². The molecule has 0 saturated heterocycles. The number of halogens is 1. The van der Waals surface area contributed by atoms with Gasteiger partial charge < -0.3 is 0 Å². The zero-order chi connectivity index (χ0) is 10.1. The van der Waals surface area contributed by atoms with Crippen molar-refractivity contribution in [1.82, 2.24) is 0 Å². The summed E-state index contributed by atoms with van der Waals surface area (Å²) >= 11 is 7.32. The lowest BCUT2D eigenvalue weighted by Crippen LogP contribution is -2.14. The van der Waals surface area contributed by atoms with Gasteiger partial charge in [0.1, 0.15) is 5.78 Å². The quantitative estimate of drug-likeness (QED) is 0.770. The molecule has 1 atom stereocenters. The van der Waals surface area contributed by atoms with E-state index in [1.807, 2.05) is 12.1 Å². The lowest BCUT2D eigenvalue weighted by Gasteiger charge is -2.06. The second-order valence-electron chi connectivity index (χ2n) is 3.98. The summed E-state index contributed by atoms with van der Waals surface area (Å²) < 4.78 is 0.770. The van der Waals surface area contributed by atoms with Crippen molar-refractivity contribution in [2.24, 2.45) is 11.8 Å². The van der Waals surface area contributed by atoms with Crippen molar-refractivity contribution in [1.29, 1.82) is 0 Å². The first-order valence-corrected chi connectivity index (χ1v) is 6.13. The van der Waals surface area contributed by atoms with E-state index in [0.29, 0.717) is 18.1 Å². The van der Waals surface area contributed by atoms with Gasteiger partial charge in [-0.1, -0.05) is 18.5 Å². The Bertz CT molecular complexity index is 341. The maximum Gasteiger partial charge on any atom is 0.141 e. The molecule has 1 unspecified atom stereocenters. The number of hydrogen-bond acceptors (Lipinski definition) is 2. The fraction of sp³-hybridized carbons (Fsp3) is 0.545. The lowest BCUT2D eigenvalue weighted by atomic mass is 9.98. The third-order valence-corrected chi connectivity index (χ3v) is 4.05. The number of rotatable bonds is 4. The number of hydrogen-bond donors (Lipinski definition) is 0. The summed E-state index contributed by atoms with van der Waals surface area (Å²) in [5.41, 5.74) is 0. The van der Waals surface area contributed by atoms with Crippen LogP contribution in [0.2, 0.25) is 4.34 Å². The van der Waals surface area contributed by atoms with Crippen LogP contribution in [0.25, 0.3) is 0 Å². The van der Waals surface area contributed by atoms with Crippen molar-refractivity contribution in [3.63, 3.8) is 0 Å². The summed E-state index contributed by atoms with van der Waals surface area (Å²) in [4.78, 5) is 12.9. The van der Waals surface area contributed by atoms with E-state index in [1.54, 1.807) is 0 Å². The van der Waals surface area contributed by atoms with Gasteiger partial charge in [-0.3, -0.25) is 4.79 Å². The van der Waals surface area contributed by atoms with Crippen molar-refractivity contribution in [2.45, 2.75) is 26.2 Å². The fourth-order valence-corrected chi connectivity index (χ4v) is 2.74. The van der Waals surface area contributed by atoms with E-state index in [9.17, 15) is 4.79 Å². The first kappa shape index (κ1) is 10.2. The first-order chi connectivity index (χ1) is 6.66. The van der Waals surface area contributed by atoms with Gasteiger partial charge in [0.25, 0.3) is 0 Å². The molecule has 0 aliphatic heterocycles. The third-order valence-electron chi connectivity index (χ3n) is 2.81. The lowest BCUT2D eigenvalue weighted by molar-refractivity contribution is -0.122. The van der Waals surface area contributed by atoms with Crippen LogP contribution in [0.3, 0.4) is 0 Å². The molecule has 1 fully saturated rings. The van der Waals surface area contributed by atoms with E-state index in [-0.39, 0.29) is 5.92 Å². The largest absolute Gasteiger partial charge is 0.299 e. The molecular weight excluding hydrogens is 216 g/mol. The molecule has 1 aliphatic carbocycles. The number of ketones is 1. The molecule has 0 bridgehead atoms. The van der Waals surface area contributed by atoms with Gasteiger partial charge in [0.05, 0.1) is 4.34 Å². The molecule has 0 radical (unpaired) electrons. The molecule has 0 aromatic carbocycles. The van der Waals surface area contributed by atoms with Crippen molar-refractivity contribution < 1.29 is 4.79 Å². The maximum absolute atomic E-state index is 11.8. The van der Waals surface area contributed by atoms with Crippen LogP contribution in [0.1, 0.15) is 24.6 Å². The van der Waals surface area contributed by atoms with Crippen LogP contribution in [-0.2, 0) is 11.2 Å². The van der Waals surface area contributed by atoms with Crippen LogP contribution in [0, 0.1) is 11.8 Å². The van der Waals surface area contributed by atoms with Gasteiger partial charge in [-0.2, -0.15) is 0 Å². The normalized spacial score (nSPS) is 18.1. The Morgan fingerprint density at radius 3 is 2.86 bits per heavy atom. The molecular formula is C11H13ClOS. The van der Waals surface area contributed by atoms with Crippen molar-refractivity contribution in [2.75, 3.05) is 0 Å². The molecule has 14 heavy (non-hydrogen) atoms. The minimum Gasteiger partial charge on any atom is -0.299 e. The van der Waals surface area contributed by atoms with Crippen molar-refractivity contribution >= 4 is 28.7 Å². The predicted octanol–water partition coefficient (Wildman–Crippen LogP) is 3.56. The molecule has 1 aliphatic rings.